The zero-order chi connectivity index (χ0) is 15.5. The van der Waals surface area contributed by atoms with Crippen molar-refractivity contribution in [2.24, 2.45) is 0 Å². The van der Waals surface area contributed by atoms with Gasteiger partial charge < -0.3 is 9.15 Å². The van der Waals surface area contributed by atoms with E-state index in [0.717, 1.165) is 5.56 Å². The fourth-order valence-corrected chi connectivity index (χ4v) is 2.66. The SMILES string of the molecule is CCOC(=O)C(=O)[C@H]1[C@@H](c2ccco2)N1Cc1ccccc1. The Morgan fingerprint density at radius 3 is 2.59 bits per heavy atom. The lowest BCUT2D eigenvalue weighted by Gasteiger charge is -2.03. The van der Waals surface area contributed by atoms with Gasteiger partial charge in [0.15, 0.2) is 0 Å². The molecule has 1 saturated heterocycles. The van der Waals surface area contributed by atoms with Gasteiger partial charge in [0.1, 0.15) is 11.8 Å². The molecule has 22 heavy (non-hydrogen) atoms. The van der Waals surface area contributed by atoms with Crippen molar-refractivity contribution >= 4 is 11.8 Å². The molecule has 0 amide bonds. The lowest BCUT2D eigenvalue weighted by molar-refractivity contribution is -0.153. The second-order valence-corrected chi connectivity index (χ2v) is 5.15. The molecule has 3 rings (SSSR count). The van der Waals surface area contributed by atoms with E-state index in [0.29, 0.717) is 12.3 Å². The molecule has 1 aliphatic rings. The molecule has 0 spiro atoms. The number of Topliss-reactive ketones (excluding diaryl/α,β-unsaturated/α-hetero) is 1. The fourth-order valence-electron chi connectivity index (χ4n) is 2.66. The van der Waals surface area contributed by atoms with Crippen molar-refractivity contribution in [1.29, 1.82) is 0 Å². The molecule has 3 atom stereocenters. The maximum absolute atomic E-state index is 12.2. The van der Waals surface area contributed by atoms with Crippen LogP contribution in [0.3, 0.4) is 0 Å². The van der Waals surface area contributed by atoms with Gasteiger partial charge in [-0.3, -0.25) is 9.69 Å². The number of carbonyl (C=O) groups is 2. The number of carbonyl (C=O) groups excluding carboxylic acids is 2. The molecule has 0 radical (unpaired) electrons. The summed E-state index contributed by atoms with van der Waals surface area (Å²) >= 11 is 0. The minimum atomic E-state index is -0.778. The smallest absolute Gasteiger partial charge is 0.376 e. The normalized spacial score (nSPS) is 23.0. The molecule has 0 bridgehead atoms. The van der Waals surface area contributed by atoms with Gasteiger partial charge in [0, 0.05) is 6.54 Å². The Hall–Kier alpha value is -2.40. The first-order valence-electron chi connectivity index (χ1n) is 7.26. The molecular weight excluding hydrogens is 282 g/mol. The van der Waals surface area contributed by atoms with Gasteiger partial charge >= 0.3 is 5.97 Å². The minimum absolute atomic E-state index is 0.196. The molecule has 1 aromatic heterocycles. The maximum atomic E-state index is 12.2. The highest BCUT2D eigenvalue weighted by atomic mass is 16.5. The molecule has 2 aromatic rings. The Bertz CT molecular complexity index is 651. The number of nitrogens with zero attached hydrogens (tertiary/aromatic N) is 1. The van der Waals surface area contributed by atoms with Crippen molar-refractivity contribution in [3.63, 3.8) is 0 Å². The van der Waals surface area contributed by atoms with E-state index in [2.05, 4.69) is 0 Å². The molecule has 1 fully saturated rings. The molecule has 114 valence electrons. The zero-order valence-electron chi connectivity index (χ0n) is 12.3. The van der Waals surface area contributed by atoms with Crippen LogP contribution in [-0.2, 0) is 20.9 Å². The number of rotatable bonds is 6. The van der Waals surface area contributed by atoms with Crippen LogP contribution in [0.25, 0.3) is 0 Å². The van der Waals surface area contributed by atoms with Crippen LogP contribution < -0.4 is 0 Å². The van der Waals surface area contributed by atoms with Crippen molar-refractivity contribution < 1.29 is 18.7 Å². The average molecular weight is 299 g/mol. The van der Waals surface area contributed by atoms with Gasteiger partial charge in [0.2, 0.25) is 0 Å². The van der Waals surface area contributed by atoms with Gasteiger partial charge in [-0.2, -0.15) is 0 Å². The summed E-state index contributed by atoms with van der Waals surface area (Å²) in [6, 6.07) is 12.7. The highest BCUT2D eigenvalue weighted by molar-refractivity contribution is 6.36. The van der Waals surface area contributed by atoms with E-state index in [1.807, 2.05) is 41.3 Å². The van der Waals surface area contributed by atoms with Gasteiger partial charge in [-0.15, -0.1) is 0 Å². The Kier molecular flexibility index (Phi) is 4.06. The van der Waals surface area contributed by atoms with E-state index in [1.165, 1.54) is 0 Å². The molecule has 1 aliphatic heterocycles. The first-order chi connectivity index (χ1) is 10.7. The predicted octanol–water partition coefficient (Wildman–Crippen LogP) is 2.34. The number of ether oxygens (including phenoxy) is 1. The molecule has 0 saturated carbocycles. The molecule has 1 unspecified atom stereocenters. The van der Waals surface area contributed by atoms with Crippen LogP contribution in [0.1, 0.15) is 24.3 Å². The van der Waals surface area contributed by atoms with E-state index >= 15 is 0 Å². The Labute approximate surface area is 128 Å². The highest BCUT2D eigenvalue weighted by Gasteiger charge is 2.56. The van der Waals surface area contributed by atoms with Crippen molar-refractivity contribution in [2.75, 3.05) is 6.61 Å². The number of hydrogen-bond acceptors (Lipinski definition) is 5. The lowest BCUT2D eigenvalue weighted by Crippen LogP contribution is -2.25. The van der Waals surface area contributed by atoms with E-state index in [9.17, 15) is 9.59 Å². The standard InChI is InChI=1S/C17H17NO4/c1-2-21-17(20)16(19)15-14(13-9-6-10-22-13)18(15)11-12-7-4-3-5-8-12/h3-10,14-15H,2,11H2,1H3/t14-,15-,18?/m1/s1. The summed E-state index contributed by atoms with van der Waals surface area (Å²) in [4.78, 5) is 25.9. The summed E-state index contributed by atoms with van der Waals surface area (Å²) in [5.74, 6) is -0.600. The van der Waals surface area contributed by atoms with Crippen LogP contribution in [0.5, 0.6) is 0 Å². The first-order valence-corrected chi connectivity index (χ1v) is 7.26. The van der Waals surface area contributed by atoms with Crippen LogP contribution in [0.4, 0.5) is 0 Å². The number of esters is 1. The molecule has 5 heteroatoms. The van der Waals surface area contributed by atoms with Crippen molar-refractivity contribution in [1.82, 2.24) is 4.90 Å². The van der Waals surface area contributed by atoms with Crippen LogP contribution >= 0.6 is 0 Å². The quantitative estimate of drug-likeness (QED) is 0.465. The minimum Gasteiger partial charge on any atom is -0.468 e. The van der Waals surface area contributed by atoms with Crippen LogP contribution in [0, 0.1) is 0 Å². The molecule has 5 nitrogen and oxygen atoms in total. The average Bonchev–Trinajstić information content (AvgIpc) is 2.97. The van der Waals surface area contributed by atoms with Gasteiger partial charge in [-0.1, -0.05) is 30.3 Å². The third-order valence-electron chi connectivity index (χ3n) is 3.71. The summed E-state index contributed by atoms with van der Waals surface area (Å²) < 4.78 is 10.2. The van der Waals surface area contributed by atoms with Gasteiger partial charge in [-0.05, 0) is 24.6 Å². The summed E-state index contributed by atoms with van der Waals surface area (Å²) in [6.45, 7) is 2.47. The second-order valence-electron chi connectivity index (χ2n) is 5.15. The van der Waals surface area contributed by atoms with Gasteiger partial charge in [0.05, 0.1) is 18.9 Å². The van der Waals surface area contributed by atoms with Crippen molar-refractivity contribution in [3.8, 4) is 0 Å². The van der Waals surface area contributed by atoms with Crippen molar-refractivity contribution in [2.45, 2.75) is 25.6 Å². The fraction of sp³-hybridized carbons (Fsp3) is 0.294. The molecule has 1 aromatic carbocycles. The lowest BCUT2D eigenvalue weighted by atomic mass is 10.2. The number of benzene rings is 1. The molecular formula is C17H17NO4. The predicted molar refractivity (Wildman–Crippen MR) is 78.9 cm³/mol. The van der Waals surface area contributed by atoms with E-state index < -0.39 is 17.8 Å². The first kappa shape index (κ1) is 14.5. The van der Waals surface area contributed by atoms with E-state index in [4.69, 9.17) is 9.15 Å². The van der Waals surface area contributed by atoms with Crippen LogP contribution in [-0.4, -0.2) is 29.3 Å². The number of furan rings is 1. The van der Waals surface area contributed by atoms with Gasteiger partial charge in [0.25, 0.3) is 5.78 Å². The van der Waals surface area contributed by atoms with Crippen molar-refractivity contribution in [3.05, 3.63) is 60.1 Å². The monoisotopic (exact) mass is 299 g/mol. The summed E-state index contributed by atoms with van der Waals surface area (Å²) in [7, 11) is 0. The highest BCUT2D eigenvalue weighted by Crippen LogP contribution is 2.45. The summed E-state index contributed by atoms with van der Waals surface area (Å²) in [5, 5.41) is 0. The summed E-state index contributed by atoms with van der Waals surface area (Å²) in [6.07, 6.45) is 1.57. The summed E-state index contributed by atoms with van der Waals surface area (Å²) in [5.41, 5.74) is 1.08. The third kappa shape index (κ3) is 2.80. The number of hydrogen-bond donors (Lipinski definition) is 0. The van der Waals surface area contributed by atoms with Crippen LogP contribution in [0.2, 0.25) is 0 Å². The van der Waals surface area contributed by atoms with Gasteiger partial charge in [-0.25, -0.2) is 4.79 Å². The molecule has 0 aliphatic carbocycles. The Morgan fingerprint density at radius 1 is 1.18 bits per heavy atom. The third-order valence-corrected chi connectivity index (χ3v) is 3.71. The maximum Gasteiger partial charge on any atom is 0.376 e. The Morgan fingerprint density at radius 2 is 1.95 bits per heavy atom. The zero-order valence-corrected chi connectivity index (χ0v) is 12.3. The molecule has 0 N–H and O–H groups in total. The second kappa shape index (κ2) is 6.15. The van der Waals surface area contributed by atoms with Crippen LogP contribution in [0.15, 0.2) is 53.1 Å². The largest absolute Gasteiger partial charge is 0.468 e. The number of ketones is 1. The topological polar surface area (TPSA) is 59.5 Å². The molecule has 2 heterocycles. The van der Waals surface area contributed by atoms with E-state index in [-0.39, 0.29) is 12.6 Å². The van der Waals surface area contributed by atoms with E-state index in [1.54, 1.807) is 19.3 Å². The Balaban J connectivity index is 1.77.